The van der Waals surface area contributed by atoms with Gasteiger partial charge >= 0.3 is 0 Å². The van der Waals surface area contributed by atoms with Crippen LogP contribution in [0.5, 0.6) is 0 Å². The van der Waals surface area contributed by atoms with E-state index in [2.05, 4.69) is 13.8 Å². The van der Waals surface area contributed by atoms with Gasteiger partial charge in [-0.1, -0.05) is 13.8 Å². The first kappa shape index (κ1) is 8.02. The summed E-state index contributed by atoms with van der Waals surface area (Å²) in [5, 5.41) is 0. The van der Waals surface area contributed by atoms with E-state index in [1.807, 2.05) is 0 Å². The third-order valence-electron chi connectivity index (χ3n) is 1.90. The Balaban J connectivity index is 2.13. The third-order valence-corrected chi connectivity index (χ3v) is 1.90. The summed E-state index contributed by atoms with van der Waals surface area (Å²) in [4.78, 5) is 1.71. The van der Waals surface area contributed by atoms with E-state index >= 15 is 0 Å². The van der Waals surface area contributed by atoms with Crippen LogP contribution in [0.1, 0.15) is 13.8 Å². The Labute approximate surface area is 63.2 Å². The van der Waals surface area contributed by atoms with E-state index in [4.69, 9.17) is 4.74 Å². The monoisotopic (exact) mass is 144 g/mol. The maximum absolute atomic E-state index is 5.26. The van der Waals surface area contributed by atoms with Gasteiger partial charge in [-0.3, -0.25) is 0 Å². The first-order valence-corrected chi connectivity index (χ1v) is 4.20. The van der Waals surface area contributed by atoms with E-state index in [1.165, 1.54) is 19.6 Å². The van der Waals surface area contributed by atoms with Gasteiger partial charge in [-0.15, -0.1) is 0 Å². The lowest BCUT2D eigenvalue weighted by atomic mass is 10.2. The molecule has 60 valence electrons. The van der Waals surface area contributed by atoms with E-state index in [9.17, 15) is 0 Å². The van der Waals surface area contributed by atoms with Crippen molar-refractivity contribution in [1.82, 2.24) is 0 Å². The lowest BCUT2D eigenvalue weighted by Crippen LogP contribution is -3.14. The molecule has 1 aliphatic heterocycles. The lowest BCUT2D eigenvalue weighted by molar-refractivity contribution is -0.910. The second-order valence-corrected chi connectivity index (χ2v) is 3.46. The number of hydrogen-bond donors (Lipinski definition) is 1. The molecule has 1 aliphatic rings. The van der Waals surface area contributed by atoms with Crippen molar-refractivity contribution in [2.45, 2.75) is 13.8 Å². The molecule has 0 amide bonds. The van der Waals surface area contributed by atoms with Gasteiger partial charge in [-0.25, -0.2) is 0 Å². The Hall–Kier alpha value is -0.0800. The number of rotatable bonds is 2. The molecule has 1 rings (SSSR count). The van der Waals surface area contributed by atoms with E-state index in [0.29, 0.717) is 0 Å². The molecule has 2 nitrogen and oxygen atoms in total. The summed E-state index contributed by atoms with van der Waals surface area (Å²) >= 11 is 0. The van der Waals surface area contributed by atoms with Gasteiger partial charge < -0.3 is 9.64 Å². The van der Waals surface area contributed by atoms with Crippen molar-refractivity contribution >= 4 is 0 Å². The Bertz CT molecular complexity index is 87.3. The molecule has 0 saturated carbocycles. The lowest BCUT2D eigenvalue weighted by Gasteiger charge is -2.24. The molecule has 10 heavy (non-hydrogen) atoms. The van der Waals surface area contributed by atoms with E-state index < -0.39 is 0 Å². The molecule has 0 aliphatic carbocycles. The highest BCUT2D eigenvalue weighted by atomic mass is 16.5. The van der Waals surface area contributed by atoms with Crippen LogP contribution in [0.4, 0.5) is 0 Å². The van der Waals surface area contributed by atoms with Gasteiger partial charge in [0, 0.05) is 5.92 Å². The highest BCUT2D eigenvalue weighted by Crippen LogP contribution is 1.85. The van der Waals surface area contributed by atoms with Crippen molar-refractivity contribution in [2.75, 3.05) is 32.8 Å². The molecule has 0 radical (unpaired) electrons. The zero-order chi connectivity index (χ0) is 7.40. The highest BCUT2D eigenvalue weighted by molar-refractivity contribution is 4.42. The Morgan fingerprint density at radius 2 is 1.90 bits per heavy atom. The summed E-state index contributed by atoms with van der Waals surface area (Å²) in [5.74, 6) is 0.827. The van der Waals surface area contributed by atoms with Crippen LogP contribution < -0.4 is 4.90 Å². The van der Waals surface area contributed by atoms with Crippen molar-refractivity contribution in [3.63, 3.8) is 0 Å². The molecule has 0 spiro atoms. The summed E-state index contributed by atoms with van der Waals surface area (Å²) < 4.78 is 5.26. The van der Waals surface area contributed by atoms with Crippen molar-refractivity contribution < 1.29 is 9.64 Å². The SMILES string of the molecule is CC(C)C[NH+]1CCOCC1. The third kappa shape index (κ3) is 2.67. The fourth-order valence-electron chi connectivity index (χ4n) is 1.44. The quantitative estimate of drug-likeness (QED) is 0.554. The van der Waals surface area contributed by atoms with Crippen LogP contribution in [-0.2, 0) is 4.74 Å². The summed E-state index contributed by atoms with van der Waals surface area (Å²) in [6, 6.07) is 0. The molecule has 1 saturated heterocycles. The van der Waals surface area contributed by atoms with Gasteiger partial charge in [0.05, 0.1) is 19.8 Å². The molecule has 0 bridgehead atoms. The van der Waals surface area contributed by atoms with Crippen LogP contribution >= 0.6 is 0 Å². The topological polar surface area (TPSA) is 13.7 Å². The predicted octanol–water partition coefficient (Wildman–Crippen LogP) is -0.442. The highest BCUT2D eigenvalue weighted by Gasteiger charge is 2.13. The summed E-state index contributed by atoms with van der Waals surface area (Å²) in [6.07, 6.45) is 0. The van der Waals surface area contributed by atoms with Crippen molar-refractivity contribution in [3.05, 3.63) is 0 Å². The van der Waals surface area contributed by atoms with E-state index in [-0.39, 0.29) is 0 Å². The number of morpholine rings is 1. The molecule has 0 unspecified atom stereocenters. The van der Waals surface area contributed by atoms with Gasteiger partial charge in [0.25, 0.3) is 0 Å². The molecule has 0 aromatic heterocycles. The minimum Gasteiger partial charge on any atom is -0.370 e. The Morgan fingerprint density at radius 1 is 1.30 bits per heavy atom. The van der Waals surface area contributed by atoms with E-state index in [1.54, 1.807) is 4.90 Å². The molecule has 1 N–H and O–H groups in total. The van der Waals surface area contributed by atoms with Crippen LogP contribution in [0.2, 0.25) is 0 Å². The van der Waals surface area contributed by atoms with Crippen LogP contribution in [0, 0.1) is 5.92 Å². The second kappa shape index (κ2) is 3.94. The Kier molecular flexibility index (Phi) is 3.16. The average Bonchev–Trinajstić information content (AvgIpc) is 1.88. The van der Waals surface area contributed by atoms with Crippen molar-refractivity contribution in [3.8, 4) is 0 Å². The number of nitrogens with one attached hydrogen (secondary N) is 1. The number of ether oxygens (including phenoxy) is 1. The van der Waals surface area contributed by atoms with Gasteiger partial charge in [0.2, 0.25) is 0 Å². The second-order valence-electron chi connectivity index (χ2n) is 3.46. The minimum absolute atomic E-state index is 0.827. The maximum Gasteiger partial charge on any atom is 0.101 e. The van der Waals surface area contributed by atoms with Crippen LogP contribution in [0.25, 0.3) is 0 Å². The van der Waals surface area contributed by atoms with Gasteiger partial charge in [0.1, 0.15) is 13.1 Å². The summed E-state index contributed by atoms with van der Waals surface area (Å²) in [6.45, 7) is 10.2. The molecule has 0 aromatic rings. The molecule has 2 heteroatoms. The fourth-order valence-corrected chi connectivity index (χ4v) is 1.44. The van der Waals surface area contributed by atoms with Gasteiger partial charge in [0.15, 0.2) is 0 Å². The molecular weight excluding hydrogens is 126 g/mol. The van der Waals surface area contributed by atoms with Crippen LogP contribution in [-0.4, -0.2) is 32.8 Å². The largest absolute Gasteiger partial charge is 0.370 e. The minimum atomic E-state index is 0.827. The van der Waals surface area contributed by atoms with Crippen molar-refractivity contribution in [2.24, 2.45) is 5.92 Å². The predicted molar refractivity (Wildman–Crippen MR) is 41.2 cm³/mol. The smallest absolute Gasteiger partial charge is 0.101 e. The fraction of sp³-hybridized carbons (Fsp3) is 1.00. The van der Waals surface area contributed by atoms with Crippen LogP contribution in [0.15, 0.2) is 0 Å². The maximum atomic E-state index is 5.26. The molecule has 1 heterocycles. The zero-order valence-electron chi connectivity index (χ0n) is 7.02. The zero-order valence-corrected chi connectivity index (χ0v) is 7.02. The summed E-state index contributed by atoms with van der Waals surface area (Å²) in [7, 11) is 0. The van der Waals surface area contributed by atoms with Gasteiger partial charge in [-0.05, 0) is 0 Å². The molecular formula is C8H18NO+. The first-order valence-electron chi connectivity index (χ1n) is 4.20. The number of quaternary nitrogens is 1. The normalized spacial score (nSPS) is 21.9. The number of hydrogen-bond acceptors (Lipinski definition) is 1. The van der Waals surface area contributed by atoms with Gasteiger partial charge in [-0.2, -0.15) is 0 Å². The van der Waals surface area contributed by atoms with Crippen molar-refractivity contribution in [1.29, 1.82) is 0 Å². The average molecular weight is 144 g/mol. The molecule has 1 fully saturated rings. The van der Waals surface area contributed by atoms with Crippen LogP contribution in [0.3, 0.4) is 0 Å². The molecule has 0 atom stereocenters. The summed E-state index contributed by atoms with van der Waals surface area (Å²) in [5.41, 5.74) is 0. The Morgan fingerprint density at radius 3 is 2.40 bits per heavy atom. The molecule has 0 aromatic carbocycles. The standard InChI is InChI=1S/C8H17NO/c1-8(2)7-9-3-5-10-6-4-9/h8H,3-7H2,1-2H3/p+1. The van der Waals surface area contributed by atoms with E-state index in [0.717, 1.165) is 19.1 Å². The first-order chi connectivity index (χ1) is 4.79.